The van der Waals surface area contributed by atoms with Gasteiger partial charge in [-0.3, -0.25) is 14.6 Å². The van der Waals surface area contributed by atoms with E-state index in [4.69, 9.17) is 0 Å². The van der Waals surface area contributed by atoms with Crippen molar-refractivity contribution in [3.63, 3.8) is 0 Å². The summed E-state index contributed by atoms with van der Waals surface area (Å²) >= 11 is 1.45. The second-order valence-electron chi connectivity index (χ2n) is 5.55. The number of carbonyl (C=O) groups excluding carboxylic acids is 2. The quantitative estimate of drug-likeness (QED) is 0.318. The molecule has 0 radical (unpaired) electrons. The smallest absolute Gasteiger partial charge is 0.224 e. The monoisotopic (exact) mass is 352 g/mol. The van der Waals surface area contributed by atoms with Crippen LogP contribution >= 0.6 is 11.9 Å². The predicted molar refractivity (Wildman–Crippen MR) is 101 cm³/mol. The van der Waals surface area contributed by atoms with Crippen LogP contribution in [0.15, 0.2) is 28.6 Å². The Balaban J connectivity index is 2.37. The molecule has 6 nitrogen and oxygen atoms in total. The van der Waals surface area contributed by atoms with E-state index < -0.39 is 0 Å². The molecule has 0 bridgehead atoms. The van der Waals surface area contributed by atoms with E-state index in [1.807, 2.05) is 37.5 Å². The number of rotatable bonds is 7. The third kappa shape index (κ3) is 7.68. The normalized spacial score (nSPS) is 19.0. The molecule has 7 heteroatoms. The first-order chi connectivity index (χ1) is 11.6. The topological polar surface area (TPSA) is 73.8 Å². The fourth-order valence-corrected chi connectivity index (χ4v) is 2.87. The molecule has 1 aliphatic rings. The van der Waals surface area contributed by atoms with Gasteiger partial charge in [0.05, 0.1) is 12.5 Å². The number of nitrogens with zero attached hydrogens (tertiary/aromatic N) is 2. The summed E-state index contributed by atoms with van der Waals surface area (Å²) in [7, 11) is 0. The molecule has 1 atom stereocenters. The van der Waals surface area contributed by atoms with Crippen LogP contribution in [0.3, 0.4) is 0 Å². The average Bonchev–Trinajstić information content (AvgIpc) is 2.58. The highest BCUT2D eigenvalue weighted by Gasteiger charge is 2.26. The van der Waals surface area contributed by atoms with Crippen LogP contribution in [0.4, 0.5) is 0 Å². The summed E-state index contributed by atoms with van der Waals surface area (Å²) in [6.07, 6.45) is 7.47. The molecule has 24 heavy (non-hydrogen) atoms. The predicted octanol–water partition coefficient (Wildman–Crippen LogP) is 2.11. The van der Waals surface area contributed by atoms with Crippen LogP contribution in [-0.2, 0) is 9.59 Å². The van der Waals surface area contributed by atoms with Crippen molar-refractivity contribution in [1.82, 2.24) is 14.9 Å². The molecule has 1 saturated heterocycles. The number of amides is 2. The zero-order valence-corrected chi connectivity index (χ0v) is 15.6. The molecule has 2 amide bonds. The van der Waals surface area contributed by atoms with Gasteiger partial charge in [0.1, 0.15) is 5.84 Å². The number of piperidine rings is 1. The molecule has 1 rings (SSSR count). The summed E-state index contributed by atoms with van der Waals surface area (Å²) in [5, 5.41) is 4.86. The summed E-state index contributed by atoms with van der Waals surface area (Å²) in [6.45, 7) is 7.72. The molecular weight excluding hydrogens is 324 g/mol. The maximum atomic E-state index is 12.2. The van der Waals surface area contributed by atoms with Gasteiger partial charge in [0.25, 0.3) is 0 Å². The van der Waals surface area contributed by atoms with Crippen LogP contribution in [0.2, 0.25) is 0 Å². The Morgan fingerprint density at radius 2 is 2.12 bits per heavy atom. The van der Waals surface area contributed by atoms with Gasteiger partial charge in [0.2, 0.25) is 11.8 Å². The van der Waals surface area contributed by atoms with Crippen molar-refractivity contribution in [3.8, 4) is 0 Å². The summed E-state index contributed by atoms with van der Waals surface area (Å²) < 4.78 is 3.13. The van der Waals surface area contributed by atoms with E-state index in [1.165, 1.54) is 11.9 Å². The van der Waals surface area contributed by atoms with Crippen LogP contribution < -0.4 is 10.0 Å². The minimum atomic E-state index is -0.106. The van der Waals surface area contributed by atoms with Crippen LogP contribution in [0.5, 0.6) is 0 Å². The van der Waals surface area contributed by atoms with E-state index in [-0.39, 0.29) is 17.7 Å². The lowest BCUT2D eigenvalue weighted by Gasteiger charge is -2.31. The zero-order chi connectivity index (χ0) is 17.8. The van der Waals surface area contributed by atoms with Crippen molar-refractivity contribution in [2.24, 2.45) is 10.9 Å². The zero-order valence-electron chi connectivity index (χ0n) is 14.7. The Morgan fingerprint density at radius 1 is 1.33 bits per heavy atom. The third-order valence-corrected chi connectivity index (χ3v) is 4.36. The van der Waals surface area contributed by atoms with Gasteiger partial charge in [-0.15, -0.1) is 0 Å². The summed E-state index contributed by atoms with van der Waals surface area (Å²) in [4.78, 5) is 29.8. The number of carbonyl (C=O) groups is 2. The fraction of sp³-hybridized carbons (Fsp3) is 0.588. The van der Waals surface area contributed by atoms with Gasteiger partial charge in [-0.05, 0) is 50.1 Å². The standard InChI is InChI=1S/C17H28N4O2S/c1-4-7-16(20-24-12-5-2)18-9-10-19-17(23)15-8-6-11-21(13-15)14(3)22/h4-5,7,12,15H,6,8-11,13H2,1-3H3,(H,18,20)(H,19,23)/b7-4+,12-5+. The second kappa shape index (κ2) is 11.7. The van der Waals surface area contributed by atoms with Gasteiger partial charge in [-0.2, -0.15) is 0 Å². The Bertz CT molecular complexity index is 503. The number of likely N-dealkylation sites (tertiary alicyclic amines) is 1. The molecule has 0 aliphatic carbocycles. The number of aliphatic imine (C=N–C) groups is 1. The summed E-state index contributed by atoms with van der Waals surface area (Å²) in [6, 6.07) is 0. The van der Waals surface area contributed by atoms with Crippen molar-refractivity contribution in [2.45, 2.75) is 33.6 Å². The maximum Gasteiger partial charge on any atom is 0.224 e. The van der Waals surface area contributed by atoms with Gasteiger partial charge >= 0.3 is 0 Å². The van der Waals surface area contributed by atoms with E-state index in [0.717, 1.165) is 25.2 Å². The highest BCUT2D eigenvalue weighted by Crippen LogP contribution is 2.16. The third-order valence-electron chi connectivity index (χ3n) is 3.62. The van der Waals surface area contributed by atoms with E-state index >= 15 is 0 Å². The van der Waals surface area contributed by atoms with E-state index in [1.54, 1.807) is 11.8 Å². The number of amidine groups is 1. The largest absolute Gasteiger partial charge is 0.354 e. The first-order valence-electron chi connectivity index (χ1n) is 8.31. The molecule has 0 saturated carbocycles. The minimum Gasteiger partial charge on any atom is -0.354 e. The van der Waals surface area contributed by atoms with Gasteiger partial charge < -0.3 is 14.9 Å². The number of nitrogens with one attached hydrogen (secondary N) is 2. The molecule has 0 aromatic carbocycles. The summed E-state index contributed by atoms with van der Waals surface area (Å²) in [5.41, 5.74) is 0. The number of hydrogen-bond donors (Lipinski definition) is 2. The SMILES string of the molecule is C/C=C/SNC(/C=C/C)=NCCNC(=O)C1CCCN(C(C)=O)C1. The lowest BCUT2D eigenvalue weighted by atomic mass is 9.97. The Morgan fingerprint density at radius 3 is 2.79 bits per heavy atom. The van der Waals surface area contributed by atoms with Crippen molar-refractivity contribution in [3.05, 3.63) is 23.6 Å². The molecule has 134 valence electrons. The van der Waals surface area contributed by atoms with Gasteiger partial charge in [-0.25, -0.2) is 0 Å². The van der Waals surface area contributed by atoms with Crippen LogP contribution in [0, 0.1) is 5.92 Å². The van der Waals surface area contributed by atoms with Crippen molar-refractivity contribution in [1.29, 1.82) is 0 Å². The van der Waals surface area contributed by atoms with Gasteiger partial charge in [0.15, 0.2) is 0 Å². The Labute approximate surface area is 149 Å². The fourth-order valence-electron chi connectivity index (χ4n) is 2.42. The molecule has 1 aliphatic heterocycles. The van der Waals surface area contributed by atoms with Crippen molar-refractivity contribution >= 4 is 29.6 Å². The molecule has 0 spiro atoms. The first-order valence-corrected chi connectivity index (χ1v) is 9.19. The molecule has 1 heterocycles. The molecular formula is C17H28N4O2S. The lowest BCUT2D eigenvalue weighted by molar-refractivity contribution is -0.133. The van der Waals surface area contributed by atoms with Crippen LogP contribution in [0.1, 0.15) is 33.6 Å². The van der Waals surface area contributed by atoms with Gasteiger partial charge in [0, 0.05) is 26.6 Å². The van der Waals surface area contributed by atoms with E-state index in [2.05, 4.69) is 15.0 Å². The Kier molecular flexibility index (Phi) is 9.91. The highest BCUT2D eigenvalue weighted by molar-refractivity contribution is 8.00. The van der Waals surface area contributed by atoms with E-state index in [0.29, 0.717) is 19.6 Å². The highest BCUT2D eigenvalue weighted by atomic mass is 32.2. The van der Waals surface area contributed by atoms with Crippen LogP contribution in [0.25, 0.3) is 0 Å². The van der Waals surface area contributed by atoms with Gasteiger partial charge in [-0.1, -0.05) is 12.2 Å². The number of hydrogen-bond acceptors (Lipinski definition) is 4. The van der Waals surface area contributed by atoms with Crippen molar-refractivity contribution < 1.29 is 9.59 Å². The molecule has 0 aromatic heterocycles. The van der Waals surface area contributed by atoms with Crippen LogP contribution in [-0.4, -0.2) is 48.7 Å². The minimum absolute atomic E-state index is 0.0139. The summed E-state index contributed by atoms with van der Waals surface area (Å²) in [5.74, 6) is 0.720. The lowest BCUT2D eigenvalue weighted by Crippen LogP contribution is -2.45. The molecule has 1 unspecified atom stereocenters. The second-order valence-corrected chi connectivity index (χ2v) is 6.26. The number of allylic oxidation sites excluding steroid dienone is 2. The average molecular weight is 353 g/mol. The molecule has 1 fully saturated rings. The Hall–Kier alpha value is -1.76. The van der Waals surface area contributed by atoms with E-state index in [9.17, 15) is 9.59 Å². The first kappa shape index (κ1) is 20.3. The molecule has 2 N–H and O–H groups in total. The maximum absolute atomic E-state index is 12.2. The van der Waals surface area contributed by atoms with Crippen molar-refractivity contribution in [2.75, 3.05) is 26.2 Å². The molecule has 0 aromatic rings.